The number of urea groups is 1. The Morgan fingerprint density at radius 2 is 1.47 bits per heavy atom. The fraction of sp³-hybridized carbons (Fsp3) is 0.714. The summed E-state index contributed by atoms with van der Waals surface area (Å²) in [7, 11) is 1.34. The van der Waals surface area contributed by atoms with Gasteiger partial charge in [-0.05, 0) is 85.9 Å². The molecule has 6 N–H and O–H groups in total. The number of hydrogen-bond donors (Lipinski definition) is 5. The molecule has 0 heterocycles. The molecule has 0 unspecified atom stereocenters. The van der Waals surface area contributed by atoms with Crippen LogP contribution in [0.4, 0.5) is 15.3 Å². The van der Waals surface area contributed by atoms with E-state index in [-0.39, 0.29) is 53.7 Å². The molecule has 0 saturated carbocycles. The van der Waals surface area contributed by atoms with Gasteiger partial charge in [-0.2, -0.15) is 0 Å². The summed E-state index contributed by atoms with van der Waals surface area (Å²) in [5.41, 5.74) is 6.93. The van der Waals surface area contributed by atoms with E-state index in [0.717, 1.165) is 44.3 Å². The minimum absolute atomic E-state index is 0.00103. The largest absolute Gasteiger partial charge is 0.469 e. The SMILES string of the molecule is BC(=O)OCc1ccc(NC(=O)[C@H](CCCNC(N)=O)NC(=O)[C@@H](NCCCCCOC(CC(C)(C)C)CC(C)(C)C)C(C)C)cc1. The van der Waals surface area contributed by atoms with Crippen LogP contribution in [-0.4, -0.2) is 69.4 Å². The van der Waals surface area contributed by atoms with Gasteiger partial charge in [0.2, 0.25) is 25.5 Å². The van der Waals surface area contributed by atoms with Gasteiger partial charge in [0.15, 0.2) is 0 Å². The van der Waals surface area contributed by atoms with Crippen LogP contribution in [0.3, 0.4) is 0 Å². The van der Waals surface area contributed by atoms with Gasteiger partial charge in [0.25, 0.3) is 0 Å². The van der Waals surface area contributed by atoms with E-state index in [2.05, 4.69) is 62.8 Å². The molecule has 2 atom stereocenters. The van der Waals surface area contributed by atoms with Gasteiger partial charge in [-0.15, -0.1) is 0 Å². The highest BCUT2D eigenvalue weighted by molar-refractivity contribution is 6.55. The molecule has 0 aliphatic heterocycles. The minimum atomic E-state index is -0.827. The van der Waals surface area contributed by atoms with E-state index in [9.17, 15) is 19.2 Å². The van der Waals surface area contributed by atoms with Gasteiger partial charge in [0.1, 0.15) is 12.6 Å². The van der Waals surface area contributed by atoms with Crippen molar-refractivity contribution in [2.24, 2.45) is 22.5 Å². The molecule has 0 aromatic heterocycles. The van der Waals surface area contributed by atoms with Crippen LogP contribution in [0.25, 0.3) is 0 Å². The third-order valence-electron chi connectivity index (χ3n) is 7.43. The molecule has 0 fully saturated rings. The highest BCUT2D eigenvalue weighted by Gasteiger charge is 2.28. The number of carbonyl (C=O) groups is 4. The number of rotatable bonds is 21. The van der Waals surface area contributed by atoms with Crippen molar-refractivity contribution in [2.75, 3.05) is 25.0 Å². The number of nitrogens with one attached hydrogen (secondary N) is 4. The summed E-state index contributed by atoms with van der Waals surface area (Å²) in [6.07, 6.45) is 5.88. The molecule has 0 saturated heterocycles. The van der Waals surface area contributed by atoms with E-state index >= 15 is 0 Å². The maximum atomic E-state index is 13.4. The lowest BCUT2D eigenvalue weighted by Gasteiger charge is -2.31. The van der Waals surface area contributed by atoms with E-state index in [4.69, 9.17) is 15.2 Å². The average molecular weight is 660 g/mol. The number of carbonyl (C=O) groups excluding carboxylic acids is 4. The number of ether oxygens (including phenoxy) is 2. The molecule has 1 aromatic carbocycles. The zero-order valence-electron chi connectivity index (χ0n) is 30.4. The molecule has 0 spiro atoms. The lowest BCUT2D eigenvalue weighted by molar-refractivity contribution is -0.128. The number of hydrogen-bond acceptors (Lipinski definition) is 7. The zero-order valence-corrected chi connectivity index (χ0v) is 30.4. The molecule has 4 amide bonds. The Bertz CT molecular complexity index is 1090. The van der Waals surface area contributed by atoms with Crippen molar-refractivity contribution in [1.29, 1.82) is 0 Å². The third kappa shape index (κ3) is 20.7. The monoisotopic (exact) mass is 659 g/mol. The summed E-state index contributed by atoms with van der Waals surface area (Å²) in [5, 5.41) is 11.7. The van der Waals surface area contributed by atoms with Crippen molar-refractivity contribution in [3.05, 3.63) is 29.8 Å². The maximum Gasteiger partial charge on any atom is 0.312 e. The molecule has 1 aromatic rings. The van der Waals surface area contributed by atoms with Crippen LogP contribution in [0.5, 0.6) is 0 Å². The standard InChI is InChI=1S/C35H62BN5O6/c1-24(2)29(38-18-10-9-11-20-46-27(21-34(3,4)5)22-35(6,7)8)31(43)41-28(13-12-19-39-33(37)45)30(42)40-26-16-14-25(15-17-26)23-47-32(36)44/h14-17,24,27-29,38H,9-13,18-23,36H2,1-8H3,(H,40,42)(H,41,43)(H3,37,39,45)/t28-,29-/m0/s1. The lowest BCUT2D eigenvalue weighted by Crippen LogP contribution is -2.53. The predicted octanol–water partition coefficient (Wildman–Crippen LogP) is 4.87. The first-order valence-corrected chi connectivity index (χ1v) is 17.1. The van der Waals surface area contributed by atoms with E-state index in [1.54, 1.807) is 24.3 Å². The van der Waals surface area contributed by atoms with Crippen LogP contribution in [0.1, 0.15) is 106 Å². The summed E-state index contributed by atoms with van der Waals surface area (Å²) in [6.45, 7) is 19.3. The molecule has 0 radical (unpaired) electrons. The van der Waals surface area contributed by atoms with Crippen LogP contribution in [-0.2, 0) is 25.7 Å². The number of anilines is 1. The van der Waals surface area contributed by atoms with Gasteiger partial charge < -0.3 is 36.5 Å². The highest BCUT2D eigenvalue weighted by atomic mass is 16.5. The van der Waals surface area contributed by atoms with E-state index < -0.39 is 18.1 Å². The summed E-state index contributed by atoms with van der Waals surface area (Å²) in [4.78, 5) is 48.9. The second kappa shape index (κ2) is 21.0. The van der Waals surface area contributed by atoms with Crippen molar-refractivity contribution in [3.63, 3.8) is 0 Å². The molecule has 0 aliphatic rings. The quantitative estimate of drug-likeness (QED) is 0.0930. The Balaban J connectivity index is 2.70. The van der Waals surface area contributed by atoms with Crippen LogP contribution in [0.15, 0.2) is 24.3 Å². The van der Waals surface area contributed by atoms with Crippen LogP contribution >= 0.6 is 0 Å². The van der Waals surface area contributed by atoms with Gasteiger partial charge >= 0.3 is 6.03 Å². The number of amides is 4. The first-order valence-electron chi connectivity index (χ1n) is 17.1. The molecule has 0 bridgehead atoms. The summed E-state index contributed by atoms with van der Waals surface area (Å²) < 4.78 is 11.3. The van der Waals surface area contributed by atoms with Gasteiger partial charge in [0, 0.05) is 18.8 Å². The number of unbranched alkanes of at least 4 members (excludes halogenated alkanes) is 2. The zero-order chi connectivity index (χ0) is 35.6. The molecule has 47 heavy (non-hydrogen) atoms. The molecular formula is C35H62BN5O6. The summed E-state index contributed by atoms with van der Waals surface area (Å²) in [5.74, 6) is -1.000. The Labute approximate surface area is 284 Å². The molecule has 11 nitrogen and oxygen atoms in total. The van der Waals surface area contributed by atoms with E-state index in [1.165, 1.54) is 7.85 Å². The van der Waals surface area contributed by atoms with Crippen molar-refractivity contribution >= 4 is 37.2 Å². The fourth-order valence-corrected chi connectivity index (χ4v) is 5.25. The first-order chi connectivity index (χ1) is 21.9. The van der Waals surface area contributed by atoms with E-state index in [0.29, 0.717) is 25.1 Å². The second-order valence-corrected chi connectivity index (χ2v) is 15.2. The second-order valence-electron chi connectivity index (χ2n) is 15.2. The molecule has 0 aliphatic carbocycles. The Hall–Kier alpha value is -3.12. The fourth-order valence-electron chi connectivity index (χ4n) is 5.25. The minimum Gasteiger partial charge on any atom is -0.469 e. The molecule has 12 heteroatoms. The maximum absolute atomic E-state index is 13.4. The van der Waals surface area contributed by atoms with Crippen molar-refractivity contribution in [1.82, 2.24) is 16.0 Å². The smallest absolute Gasteiger partial charge is 0.312 e. The summed E-state index contributed by atoms with van der Waals surface area (Å²) in [6, 6.07) is 4.98. The molecular weight excluding hydrogens is 597 g/mol. The Morgan fingerprint density at radius 1 is 0.851 bits per heavy atom. The summed E-state index contributed by atoms with van der Waals surface area (Å²) >= 11 is 0. The number of benzene rings is 1. The first kappa shape index (κ1) is 41.9. The van der Waals surface area contributed by atoms with Gasteiger partial charge in [-0.1, -0.05) is 67.5 Å². The molecule has 1 rings (SSSR count). The van der Waals surface area contributed by atoms with Gasteiger partial charge in [-0.3, -0.25) is 14.4 Å². The highest BCUT2D eigenvalue weighted by Crippen LogP contribution is 2.30. The average Bonchev–Trinajstić information content (AvgIpc) is 2.93. The van der Waals surface area contributed by atoms with Crippen LogP contribution in [0, 0.1) is 16.7 Å². The van der Waals surface area contributed by atoms with Crippen molar-refractivity contribution < 1.29 is 28.7 Å². The van der Waals surface area contributed by atoms with Crippen molar-refractivity contribution in [3.8, 4) is 0 Å². The Kier molecular flexibility index (Phi) is 18.7. The third-order valence-corrected chi connectivity index (χ3v) is 7.43. The van der Waals surface area contributed by atoms with Gasteiger partial charge in [-0.25, -0.2) is 4.79 Å². The van der Waals surface area contributed by atoms with Gasteiger partial charge in [0.05, 0.1) is 12.1 Å². The van der Waals surface area contributed by atoms with Crippen molar-refractivity contribution in [2.45, 2.75) is 125 Å². The number of primary amides is 1. The predicted molar refractivity (Wildman–Crippen MR) is 191 cm³/mol. The van der Waals surface area contributed by atoms with E-state index in [1.807, 2.05) is 13.8 Å². The van der Waals surface area contributed by atoms with Crippen LogP contribution in [0.2, 0.25) is 0 Å². The normalized spacial score (nSPS) is 13.2. The topological polar surface area (TPSA) is 161 Å². The Morgan fingerprint density at radius 3 is 2.00 bits per heavy atom. The van der Waals surface area contributed by atoms with Crippen LogP contribution < -0.4 is 27.0 Å². The lowest BCUT2D eigenvalue weighted by atomic mass is 9.82. The molecule has 266 valence electrons. The number of nitrogens with two attached hydrogens (primary N) is 1.